The Kier molecular flexibility index (Phi) is 6.12. The van der Waals surface area contributed by atoms with Crippen LogP contribution in [0.4, 0.5) is 0 Å². The van der Waals surface area contributed by atoms with Gasteiger partial charge in [0, 0.05) is 18.1 Å². The van der Waals surface area contributed by atoms with E-state index >= 15 is 0 Å². The van der Waals surface area contributed by atoms with Crippen LogP contribution in [0.3, 0.4) is 0 Å². The molecule has 2 atom stereocenters. The second-order valence-electron chi connectivity index (χ2n) is 7.35. The van der Waals surface area contributed by atoms with E-state index in [-0.39, 0.29) is 12.0 Å². The van der Waals surface area contributed by atoms with E-state index in [2.05, 4.69) is 13.5 Å². The maximum absolute atomic E-state index is 11.7. The number of aliphatic hydroxyl groups is 1. The number of carbonyl (C=O) groups excluding carboxylic acids is 1. The molecule has 0 bridgehead atoms. The zero-order valence-corrected chi connectivity index (χ0v) is 15.8. The summed E-state index contributed by atoms with van der Waals surface area (Å²) >= 11 is 0. The lowest BCUT2D eigenvalue weighted by Crippen LogP contribution is -2.58. The zero-order chi connectivity index (χ0) is 18.7. The third-order valence-electron chi connectivity index (χ3n) is 5.54. The van der Waals surface area contributed by atoms with Gasteiger partial charge in [0.1, 0.15) is 18.5 Å². The topological polar surface area (TPSA) is 65.0 Å². The molecule has 2 aliphatic carbocycles. The highest BCUT2D eigenvalue weighted by molar-refractivity contribution is 5.87. The first-order valence-corrected chi connectivity index (χ1v) is 8.83. The predicted molar refractivity (Wildman–Crippen MR) is 95.9 cm³/mol. The highest BCUT2D eigenvalue weighted by Crippen LogP contribution is 2.52. The molecule has 2 unspecified atom stereocenters. The first-order chi connectivity index (χ1) is 11.8. The molecule has 0 radical (unpaired) electrons. The summed E-state index contributed by atoms with van der Waals surface area (Å²) in [6, 6.07) is 0. The highest BCUT2D eigenvalue weighted by Gasteiger charge is 2.56. The number of ether oxygens (including phenoxy) is 3. The van der Waals surface area contributed by atoms with Gasteiger partial charge in [-0.25, -0.2) is 4.79 Å². The minimum absolute atomic E-state index is 0.0885. The molecule has 0 aromatic carbocycles. The molecule has 0 amide bonds. The predicted octanol–water partition coefficient (Wildman–Crippen LogP) is 3.29. The monoisotopic (exact) mass is 350 g/mol. The molecule has 2 rings (SSSR count). The quantitative estimate of drug-likeness (QED) is 0.588. The Morgan fingerprint density at radius 2 is 1.96 bits per heavy atom. The Bertz CT molecular complexity index is 583. The molecule has 0 spiro atoms. The molecule has 1 N–H and O–H groups in total. The van der Waals surface area contributed by atoms with E-state index in [1.807, 2.05) is 6.08 Å². The van der Waals surface area contributed by atoms with Crippen molar-refractivity contribution >= 4 is 5.97 Å². The van der Waals surface area contributed by atoms with Crippen molar-refractivity contribution in [2.45, 2.75) is 57.7 Å². The van der Waals surface area contributed by atoms with E-state index in [0.717, 1.165) is 31.3 Å². The summed E-state index contributed by atoms with van der Waals surface area (Å²) in [6.07, 6.45) is 8.21. The first kappa shape index (κ1) is 19.7. The van der Waals surface area contributed by atoms with Crippen molar-refractivity contribution in [3.8, 4) is 0 Å². The Hall–Kier alpha value is -1.59. The molecule has 1 saturated carbocycles. The maximum atomic E-state index is 11.7. The van der Waals surface area contributed by atoms with Crippen molar-refractivity contribution in [2.24, 2.45) is 5.41 Å². The van der Waals surface area contributed by atoms with E-state index in [9.17, 15) is 9.90 Å². The van der Waals surface area contributed by atoms with Crippen LogP contribution in [0.25, 0.3) is 0 Å². The van der Waals surface area contributed by atoms with Gasteiger partial charge in [0.2, 0.25) is 0 Å². The van der Waals surface area contributed by atoms with Crippen molar-refractivity contribution in [2.75, 3.05) is 20.8 Å². The SMILES string of the molecule is C=C(C)C(=O)OCC1=CC(OC)C(O)(C2(C)CCCCC2)C(OC)=C1. The average Bonchev–Trinajstić information content (AvgIpc) is 2.60. The molecule has 0 aromatic heterocycles. The largest absolute Gasteiger partial charge is 0.498 e. The van der Waals surface area contributed by atoms with Crippen molar-refractivity contribution in [1.82, 2.24) is 0 Å². The highest BCUT2D eigenvalue weighted by atomic mass is 16.5. The summed E-state index contributed by atoms with van der Waals surface area (Å²) in [7, 11) is 3.13. The Balaban J connectivity index is 2.30. The molecule has 0 heterocycles. The third kappa shape index (κ3) is 3.67. The summed E-state index contributed by atoms with van der Waals surface area (Å²) in [5.41, 5.74) is -0.479. The fourth-order valence-corrected chi connectivity index (χ4v) is 3.95. The van der Waals surface area contributed by atoms with Crippen molar-refractivity contribution in [3.63, 3.8) is 0 Å². The van der Waals surface area contributed by atoms with Crippen LogP contribution in [0.2, 0.25) is 0 Å². The fourth-order valence-electron chi connectivity index (χ4n) is 3.95. The van der Waals surface area contributed by atoms with Crippen LogP contribution < -0.4 is 0 Å². The van der Waals surface area contributed by atoms with Crippen molar-refractivity contribution < 1.29 is 24.1 Å². The molecule has 5 heteroatoms. The van der Waals surface area contributed by atoms with Crippen molar-refractivity contribution in [3.05, 3.63) is 35.6 Å². The molecule has 25 heavy (non-hydrogen) atoms. The minimum Gasteiger partial charge on any atom is -0.498 e. The van der Waals surface area contributed by atoms with E-state index in [4.69, 9.17) is 14.2 Å². The molecule has 1 fully saturated rings. The molecule has 5 nitrogen and oxygen atoms in total. The van der Waals surface area contributed by atoms with Crippen molar-refractivity contribution in [1.29, 1.82) is 0 Å². The van der Waals surface area contributed by atoms with E-state index in [1.165, 1.54) is 6.42 Å². The lowest BCUT2D eigenvalue weighted by molar-refractivity contribution is -0.158. The lowest BCUT2D eigenvalue weighted by Gasteiger charge is -2.51. The summed E-state index contributed by atoms with van der Waals surface area (Å²) in [5, 5.41) is 11.7. The normalized spacial score (nSPS) is 28.6. The number of rotatable bonds is 6. The second-order valence-corrected chi connectivity index (χ2v) is 7.35. The number of esters is 1. The third-order valence-corrected chi connectivity index (χ3v) is 5.54. The van der Waals surface area contributed by atoms with Gasteiger partial charge >= 0.3 is 5.97 Å². The average molecular weight is 350 g/mol. The minimum atomic E-state index is -1.24. The molecular weight excluding hydrogens is 320 g/mol. The van der Waals surface area contributed by atoms with Crippen LogP contribution in [0.15, 0.2) is 35.6 Å². The Morgan fingerprint density at radius 1 is 1.32 bits per heavy atom. The van der Waals surface area contributed by atoms with Crippen LogP contribution in [-0.4, -0.2) is 43.6 Å². The summed E-state index contributed by atoms with van der Waals surface area (Å²) in [6.45, 7) is 7.37. The van der Waals surface area contributed by atoms with Crippen LogP contribution in [0.5, 0.6) is 0 Å². The van der Waals surface area contributed by atoms with Gasteiger partial charge in [-0.3, -0.25) is 0 Å². The van der Waals surface area contributed by atoms with E-state index in [0.29, 0.717) is 11.3 Å². The number of methoxy groups -OCH3 is 2. The van der Waals surface area contributed by atoms with Gasteiger partial charge < -0.3 is 19.3 Å². The maximum Gasteiger partial charge on any atom is 0.333 e. The van der Waals surface area contributed by atoms with Gasteiger partial charge in [0.15, 0.2) is 5.60 Å². The lowest BCUT2D eigenvalue weighted by atomic mass is 9.60. The van der Waals surface area contributed by atoms with Gasteiger partial charge in [-0.15, -0.1) is 0 Å². The van der Waals surface area contributed by atoms with Gasteiger partial charge in [0.25, 0.3) is 0 Å². The summed E-state index contributed by atoms with van der Waals surface area (Å²) in [5.74, 6) is 0.0231. The summed E-state index contributed by atoms with van der Waals surface area (Å²) < 4.78 is 16.4. The Morgan fingerprint density at radius 3 is 2.48 bits per heavy atom. The number of carbonyl (C=O) groups is 1. The standard InChI is InChI=1S/C20H30O5/c1-14(2)18(21)25-13-15-11-16(23-4)20(22,17(12-15)24-5)19(3)9-7-6-8-10-19/h11-12,16,22H,1,6-10,13H2,2-5H3. The van der Waals surface area contributed by atoms with Crippen LogP contribution in [-0.2, 0) is 19.0 Å². The van der Waals surface area contributed by atoms with E-state index in [1.54, 1.807) is 27.2 Å². The van der Waals surface area contributed by atoms with Gasteiger partial charge in [-0.2, -0.15) is 0 Å². The number of hydrogen-bond donors (Lipinski definition) is 1. The number of hydrogen-bond acceptors (Lipinski definition) is 5. The molecule has 0 saturated heterocycles. The molecular formula is C20H30O5. The van der Waals surface area contributed by atoms with E-state index < -0.39 is 17.7 Å². The van der Waals surface area contributed by atoms with Gasteiger partial charge in [0.05, 0.1) is 7.11 Å². The van der Waals surface area contributed by atoms with Gasteiger partial charge in [-0.1, -0.05) is 32.8 Å². The first-order valence-electron chi connectivity index (χ1n) is 8.83. The van der Waals surface area contributed by atoms with Gasteiger partial charge in [-0.05, 0) is 37.5 Å². The Labute approximate surface area is 150 Å². The smallest absolute Gasteiger partial charge is 0.333 e. The zero-order valence-electron chi connectivity index (χ0n) is 15.8. The second kappa shape index (κ2) is 7.75. The molecule has 140 valence electrons. The van der Waals surface area contributed by atoms with Crippen LogP contribution in [0, 0.1) is 5.41 Å². The molecule has 0 aliphatic heterocycles. The van der Waals surface area contributed by atoms with Crippen LogP contribution in [0.1, 0.15) is 46.0 Å². The fraction of sp³-hybridized carbons (Fsp3) is 0.650. The molecule has 2 aliphatic rings. The van der Waals surface area contributed by atoms with Crippen LogP contribution >= 0.6 is 0 Å². The molecule has 0 aromatic rings. The summed E-state index contributed by atoms with van der Waals surface area (Å²) in [4.78, 5) is 11.6.